The number of amides is 3. The molecule has 110 valence electrons. The van der Waals surface area contributed by atoms with E-state index in [9.17, 15) is 14.4 Å². The SMILES string of the molecule is CCNC(=O)NC(=O)C(C)Sc1nnnn1CC(=O)O. The highest BCUT2D eigenvalue weighted by atomic mass is 32.2. The van der Waals surface area contributed by atoms with E-state index in [-0.39, 0.29) is 5.16 Å². The lowest BCUT2D eigenvalue weighted by Crippen LogP contribution is -2.42. The molecule has 0 aliphatic carbocycles. The number of carbonyl (C=O) groups excluding carboxylic acids is 2. The van der Waals surface area contributed by atoms with Crippen LogP contribution in [-0.4, -0.2) is 55.0 Å². The summed E-state index contributed by atoms with van der Waals surface area (Å²) in [5.41, 5.74) is 0. The molecule has 10 nitrogen and oxygen atoms in total. The number of hydrogen-bond donors (Lipinski definition) is 3. The van der Waals surface area contributed by atoms with Crippen molar-refractivity contribution >= 4 is 29.7 Å². The second-order valence-corrected chi connectivity index (χ2v) is 4.93. The molecular formula is C9H14N6O4S. The lowest BCUT2D eigenvalue weighted by Gasteiger charge is -2.10. The fraction of sp³-hybridized carbons (Fsp3) is 0.556. The van der Waals surface area contributed by atoms with Crippen LogP contribution in [0.25, 0.3) is 0 Å². The number of carbonyl (C=O) groups is 3. The van der Waals surface area contributed by atoms with E-state index in [0.29, 0.717) is 6.54 Å². The Morgan fingerprint density at radius 2 is 2.15 bits per heavy atom. The van der Waals surface area contributed by atoms with E-state index in [2.05, 4.69) is 26.2 Å². The quantitative estimate of drug-likeness (QED) is 0.573. The molecule has 0 aromatic carbocycles. The van der Waals surface area contributed by atoms with Gasteiger partial charge in [0, 0.05) is 6.54 Å². The van der Waals surface area contributed by atoms with E-state index in [4.69, 9.17) is 5.11 Å². The molecule has 0 bridgehead atoms. The van der Waals surface area contributed by atoms with Crippen molar-refractivity contribution in [2.24, 2.45) is 0 Å². The summed E-state index contributed by atoms with van der Waals surface area (Å²) in [4.78, 5) is 33.5. The number of urea groups is 1. The molecule has 0 aliphatic rings. The van der Waals surface area contributed by atoms with Crippen LogP contribution < -0.4 is 10.6 Å². The first-order valence-electron chi connectivity index (χ1n) is 5.67. The number of rotatable bonds is 6. The summed E-state index contributed by atoms with van der Waals surface area (Å²) in [6.45, 7) is 3.28. The maximum absolute atomic E-state index is 11.7. The molecule has 0 aliphatic heterocycles. The predicted molar refractivity (Wildman–Crippen MR) is 68.0 cm³/mol. The Balaban J connectivity index is 2.59. The van der Waals surface area contributed by atoms with E-state index in [1.165, 1.54) is 0 Å². The van der Waals surface area contributed by atoms with Crippen LogP contribution in [0.3, 0.4) is 0 Å². The molecule has 11 heteroatoms. The van der Waals surface area contributed by atoms with Gasteiger partial charge in [-0.25, -0.2) is 9.48 Å². The number of carboxylic acid groups (broad SMARTS) is 1. The zero-order chi connectivity index (χ0) is 15.1. The minimum absolute atomic E-state index is 0.186. The second kappa shape index (κ2) is 7.43. The van der Waals surface area contributed by atoms with Gasteiger partial charge in [0.25, 0.3) is 0 Å². The van der Waals surface area contributed by atoms with Gasteiger partial charge in [-0.3, -0.25) is 14.9 Å². The van der Waals surface area contributed by atoms with E-state index in [0.717, 1.165) is 16.4 Å². The molecule has 3 N–H and O–H groups in total. The van der Waals surface area contributed by atoms with Crippen molar-refractivity contribution in [1.82, 2.24) is 30.8 Å². The van der Waals surface area contributed by atoms with Crippen LogP contribution in [0.2, 0.25) is 0 Å². The molecule has 0 radical (unpaired) electrons. The summed E-state index contributed by atoms with van der Waals surface area (Å²) >= 11 is 0.959. The summed E-state index contributed by atoms with van der Waals surface area (Å²) in [5, 5.41) is 23.3. The molecule has 1 aromatic rings. The highest BCUT2D eigenvalue weighted by Crippen LogP contribution is 2.19. The van der Waals surface area contributed by atoms with Crippen molar-refractivity contribution in [3.05, 3.63) is 0 Å². The fourth-order valence-corrected chi connectivity index (χ4v) is 1.93. The molecular weight excluding hydrogens is 288 g/mol. The van der Waals surface area contributed by atoms with Crippen molar-refractivity contribution in [3.63, 3.8) is 0 Å². The summed E-state index contributed by atoms with van der Waals surface area (Å²) in [7, 11) is 0. The Bertz CT molecular complexity index is 504. The molecule has 0 fully saturated rings. The lowest BCUT2D eigenvalue weighted by molar-refractivity contribution is -0.138. The molecule has 3 amide bonds. The molecule has 1 atom stereocenters. The smallest absolute Gasteiger partial charge is 0.325 e. The van der Waals surface area contributed by atoms with Gasteiger partial charge in [-0.2, -0.15) is 0 Å². The Morgan fingerprint density at radius 1 is 1.45 bits per heavy atom. The van der Waals surface area contributed by atoms with Gasteiger partial charge in [0.1, 0.15) is 6.54 Å². The van der Waals surface area contributed by atoms with Gasteiger partial charge in [0.15, 0.2) is 0 Å². The third-order valence-corrected chi connectivity index (χ3v) is 3.08. The Hall–Kier alpha value is -2.17. The maximum atomic E-state index is 11.7. The minimum Gasteiger partial charge on any atom is -0.480 e. The van der Waals surface area contributed by atoms with Crippen LogP contribution in [0.4, 0.5) is 4.79 Å². The average Bonchev–Trinajstić information content (AvgIpc) is 2.75. The first kappa shape index (κ1) is 15.9. The molecule has 1 heterocycles. The number of nitrogens with zero attached hydrogens (tertiary/aromatic N) is 4. The summed E-state index contributed by atoms with van der Waals surface area (Å²) < 4.78 is 1.06. The zero-order valence-electron chi connectivity index (χ0n) is 10.9. The van der Waals surface area contributed by atoms with Gasteiger partial charge in [-0.05, 0) is 24.3 Å². The number of thioether (sulfide) groups is 1. The zero-order valence-corrected chi connectivity index (χ0v) is 11.7. The van der Waals surface area contributed by atoms with Crippen molar-refractivity contribution in [2.45, 2.75) is 30.8 Å². The van der Waals surface area contributed by atoms with Gasteiger partial charge in [0.2, 0.25) is 11.1 Å². The molecule has 0 spiro atoms. The second-order valence-electron chi connectivity index (χ2n) is 3.62. The molecule has 20 heavy (non-hydrogen) atoms. The Labute approximate surface area is 118 Å². The van der Waals surface area contributed by atoms with Crippen LogP contribution in [0.15, 0.2) is 5.16 Å². The molecule has 1 rings (SSSR count). The molecule has 0 saturated heterocycles. The van der Waals surface area contributed by atoms with Gasteiger partial charge >= 0.3 is 12.0 Å². The summed E-state index contributed by atoms with van der Waals surface area (Å²) in [6, 6.07) is -0.588. The number of hydrogen-bond acceptors (Lipinski definition) is 7. The molecule has 1 unspecified atom stereocenters. The van der Waals surface area contributed by atoms with Crippen molar-refractivity contribution in [2.75, 3.05) is 6.54 Å². The summed E-state index contributed by atoms with van der Waals surface area (Å²) in [6.07, 6.45) is 0. The highest BCUT2D eigenvalue weighted by molar-refractivity contribution is 8.00. The normalized spacial score (nSPS) is 11.7. The first-order valence-corrected chi connectivity index (χ1v) is 6.55. The standard InChI is InChI=1S/C9H14N6O4S/c1-3-10-8(19)11-7(18)5(2)20-9-12-13-14-15(9)4-6(16)17/h5H,3-4H2,1-2H3,(H,16,17)(H2,10,11,18,19). The Morgan fingerprint density at radius 3 is 2.75 bits per heavy atom. The number of tetrazole rings is 1. The first-order chi connectivity index (χ1) is 9.43. The van der Waals surface area contributed by atoms with Crippen LogP contribution in [0.5, 0.6) is 0 Å². The van der Waals surface area contributed by atoms with E-state index < -0.39 is 29.7 Å². The van der Waals surface area contributed by atoms with E-state index in [1.807, 2.05) is 0 Å². The third kappa shape index (κ3) is 4.84. The average molecular weight is 302 g/mol. The van der Waals surface area contributed by atoms with Crippen molar-refractivity contribution in [3.8, 4) is 0 Å². The van der Waals surface area contributed by atoms with Gasteiger partial charge < -0.3 is 10.4 Å². The Kier molecular flexibility index (Phi) is 5.90. The summed E-state index contributed by atoms with van der Waals surface area (Å²) in [5.74, 6) is -1.62. The van der Waals surface area contributed by atoms with E-state index in [1.54, 1.807) is 13.8 Å². The lowest BCUT2D eigenvalue weighted by atomic mass is 10.4. The number of aliphatic carboxylic acids is 1. The largest absolute Gasteiger partial charge is 0.480 e. The van der Waals surface area contributed by atoms with Crippen LogP contribution in [0, 0.1) is 0 Å². The van der Waals surface area contributed by atoms with Gasteiger partial charge in [-0.1, -0.05) is 11.8 Å². The van der Waals surface area contributed by atoms with E-state index >= 15 is 0 Å². The van der Waals surface area contributed by atoms with Gasteiger partial charge in [0.05, 0.1) is 5.25 Å². The van der Waals surface area contributed by atoms with Crippen LogP contribution >= 0.6 is 11.8 Å². The molecule has 0 saturated carbocycles. The monoisotopic (exact) mass is 302 g/mol. The fourth-order valence-electron chi connectivity index (χ4n) is 1.14. The number of imide groups is 1. The number of nitrogens with one attached hydrogen (secondary N) is 2. The topological polar surface area (TPSA) is 139 Å². The third-order valence-electron chi connectivity index (χ3n) is 2.01. The van der Waals surface area contributed by atoms with Crippen molar-refractivity contribution < 1.29 is 19.5 Å². The van der Waals surface area contributed by atoms with Gasteiger partial charge in [-0.15, -0.1) is 5.10 Å². The van der Waals surface area contributed by atoms with Crippen LogP contribution in [0.1, 0.15) is 13.8 Å². The maximum Gasteiger partial charge on any atom is 0.325 e. The van der Waals surface area contributed by atoms with Crippen molar-refractivity contribution in [1.29, 1.82) is 0 Å². The number of aromatic nitrogens is 4. The molecule has 1 aromatic heterocycles. The minimum atomic E-state index is -1.10. The predicted octanol–water partition coefficient (Wildman–Crippen LogP) is -0.916. The highest BCUT2D eigenvalue weighted by Gasteiger charge is 2.20. The van der Waals surface area contributed by atoms with Crippen LogP contribution in [-0.2, 0) is 16.1 Å². The number of carboxylic acids is 1.